The zero-order valence-corrected chi connectivity index (χ0v) is 9.19. The van der Waals surface area contributed by atoms with Gasteiger partial charge in [0.1, 0.15) is 6.04 Å². The molecule has 3 atom stereocenters. The van der Waals surface area contributed by atoms with E-state index < -0.39 is 5.97 Å². The molecule has 2 fully saturated rings. The Hall–Kier alpha value is -0.610. The summed E-state index contributed by atoms with van der Waals surface area (Å²) in [6, 6.07) is -0.257. The van der Waals surface area contributed by atoms with Gasteiger partial charge in [0.15, 0.2) is 0 Å². The average Bonchev–Trinajstić information content (AvgIpc) is 2.72. The zero-order chi connectivity index (χ0) is 10.8. The number of rotatable bonds is 4. The van der Waals surface area contributed by atoms with E-state index in [-0.39, 0.29) is 6.04 Å². The third-order valence-corrected chi connectivity index (χ3v) is 3.82. The molecule has 2 rings (SSSR count). The fourth-order valence-electron chi connectivity index (χ4n) is 3.17. The van der Waals surface area contributed by atoms with Crippen molar-refractivity contribution in [2.45, 2.75) is 25.3 Å². The molecule has 1 heterocycles. The van der Waals surface area contributed by atoms with Gasteiger partial charge < -0.3 is 9.84 Å². The summed E-state index contributed by atoms with van der Waals surface area (Å²) in [4.78, 5) is 13.3. The standard InChI is InChI=1S/C11H19NO3/c1-15-6-5-12-7-8-3-2-4-9(8)10(12)11(13)14/h8-10H,2-7H2,1H3,(H,13,14). The molecule has 0 radical (unpaired) electrons. The highest BCUT2D eigenvalue weighted by Gasteiger charge is 2.47. The van der Waals surface area contributed by atoms with E-state index in [1.165, 1.54) is 12.8 Å². The lowest BCUT2D eigenvalue weighted by molar-refractivity contribution is -0.143. The maximum atomic E-state index is 11.2. The van der Waals surface area contributed by atoms with E-state index in [9.17, 15) is 9.90 Å². The van der Waals surface area contributed by atoms with Gasteiger partial charge >= 0.3 is 5.97 Å². The van der Waals surface area contributed by atoms with Crippen LogP contribution in [0.1, 0.15) is 19.3 Å². The molecule has 2 aliphatic rings. The summed E-state index contributed by atoms with van der Waals surface area (Å²) in [5.41, 5.74) is 0. The number of hydrogen-bond acceptors (Lipinski definition) is 3. The Morgan fingerprint density at radius 2 is 2.33 bits per heavy atom. The predicted octanol–water partition coefficient (Wildman–Crippen LogP) is 0.818. The van der Waals surface area contributed by atoms with Gasteiger partial charge in [-0.05, 0) is 24.7 Å². The smallest absolute Gasteiger partial charge is 0.321 e. The zero-order valence-electron chi connectivity index (χ0n) is 9.19. The molecule has 4 nitrogen and oxygen atoms in total. The second-order valence-corrected chi connectivity index (χ2v) is 4.63. The Morgan fingerprint density at radius 3 is 3.00 bits per heavy atom. The summed E-state index contributed by atoms with van der Waals surface area (Å²) in [5, 5.41) is 9.25. The normalized spacial score (nSPS) is 35.7. The molecule has 1 saturated carbocycles. The number of carboxylic acids is 1. The van der Waals surface area contributed by atoms with Crippen LogP contribution < -0.4 is 0 Å². The topological polar surface area (TPSA) is 49.8 Å². The van der Waals surface area contributed by atoms with Crippen LogP contribution in [0.25, 0.3) is 0 Å². The number of likely N-dealkylation sites (tertiary alicyclic amines) is 1. The van der Waals surface area contributed by atoms with Gasteiger partial charge in [0.2, 0.25) is 0 Å². The molecule has 0 aromatic rings. The third-order valence-electron chi connectivity index (χ3n) is 3.82. The molecule has 1 N–H and O–H groups in total. The Bertz CT molecular complexity index is 244. The van der Waals surface area contributed by atoms with Gasteiger partial charge in [0.25, 0.3) is 0 Å². The maximum absolute atomic E-state index is 11.2. The highest BCUT2D eigenvalue weighted by atomic mass is 16.5. The number of nitrogens with zero attached hydrogens (tertiary/aromatic N) is 1. The predicted molar refractivity (Wildman–Crippen MR) is 55.7 cm³/mol. The molecular weight excluding hydrogens is 194 g/mol. The molecule has 4 heteroatoms. The number of fused-ring (bicyclic) bond motifs is 1. The molecular formula is C11H19NO3. The number of hydrogen-bond donors (Lipinski definition) is 1. The van der Waals surface area contributed by atoms with Crippen molar-refractivity contribution in [1.82, 2.24) is 4.90 Å². The summed E-state index contributed by atoms with van der Waals surface area (Å²) in [6.07, 6.45) is 3.50. The molecule has 1 aliphatic carbocycles. The van der Waals surface area contributed by atoms with Crippen LogP contribution in [0, 0.1) is 11.8 Å². The van der Waals surface area contributed by atoms with Crippen molar-refractivity contribution >= 4 is 5.97 Å². The summed E-state index contributed by atoms with van der Waals surface area (Å²) >= 11 is 0. The van der Waals surface area contributed by atoms with Crippen LogP contribution in [0.3, 0.4) is 0 Å². The van der Waals surface area contributed by atoms with Crippen LogP contribution in [0.2, 0.25) is 0 Å². The van der Waals surface area contributed by atoms with Crippen LogP contribution in [-0.4, -0.2) is 48.8 Å². The summed E-state index contributed by atoms with van der Waals surface area (Å²) in [6.45, 7) is 2.33. The van der Waals surface area contributed by atoms with Gasteiger partial charge in [-0.25, -0.2) is 0 Å². The lowest BCUT2D eigenvalue weighted by Crippen LogP contribution is -2.41. The summed E-state index contributed by atoms with van der Waals surface area (Å²) in [7, 11) is 1.66. The summed E-state index contributed by atoms with van der Waals surface area (Å²) < 4.78 is 5.02. The van der Waals surface area contributed by atoms with Crippen LogP contribution in [-0.2, 0) is 9.53 Å². The van der Waals surface area contributed by atoms with Crippen molar-refractivity contribution < 1.29 is 14.6 Å². The molecule has 0 spiro atoms. The first-order valence-electron chi connectivity index (χ1n) is 5.70. The van der Waals surface area contributed by atoms with E-state index in [0.29, 0.717) is 18.4 Å². The first-order chi connectivity index (χ1) is 7.24. The third kappa shape index (κ3) is 2.01. The lowest BCUT2D eigenvalue weighted by Gasteiger charge is -2.23. The average molecular weight is 213 g/mol. The van der Waals surface area contributed by atoms with Gasteiger partial charge in [0.05, 0.1) is 6.61 Å². The molecule has 0 aromatic heterocycles. The van der Waals surface area contributed by atoms with Crippen molar-refractivity contribution in [3.8, 4) is 0 Å². The minimum absolute atomic E-state index is 0.257. The van der Waals surface area contributed by atoms with Crippen molar-refractivity contribution in [2.24, 2.45) is 11.8 Å². The molecule has 1 saturated heterocycles. The van der Waals surface area contributed by atoms with Gasteiger partial charge in [-0.2, -0.15) is 0 Å². The molecule has 1 aliphatic heterocycles. The number of ether oxygens (including phenoxy) is 1. The quantitative estimate of drug-likeness (QED) is 0.751. The van der Waals surface area contributed by atoms with E-state index >= 15 is 0 Å². The minimum atomic E-state index is -0.652. The van der Waals surface area contributed by atoms with Crippen molar-refractivity contribution in [3.05, 3.63) is 0 Å². The maximum Gasteiger partial charge on any atom is 0.321 e. The second-order valence-electron chi connectivity index (χ2n) is 4.63. The van der Waals surface area contributed by atoms with Gasteiger partial charge in [0, 0.05) is 20.2 Å². The molecule has 86 valence electrons. The highest BCUT2D eigenvalue weighted by Crippen LogP contribution is 2.41. The van der Waals surface area contributed by atoms with Crippen molar-refractivity contribution in [2.75, 3.05) is 26.8 Å². The first kappa shape index (κ1) is 10.9. The largest absolute Gasteiger partial charge is 0.480 e. The van der Waals surface area contributed by atoms with Crippen LogP contribution in [0.5, 0.6) is 0 Å². The monoisotopic (exact) mass is 213 g/mol. The van der Waals surface area contributed by atoms with Gasteiger partial charge in [-0.3, -0.25) is 9.69 Å². The highest BCUT2D eigenvalue weighted by molar-refractivity contribution is 5.74. The Balaban J connectivity index is 2.02. The molecule has 0 amide bonds. The van der Waals surface area contributed by atoms with Crippen LogP contribution in [0.15, 0.2) is 0 Å². The van der Waals surface area contributed by atoms with Gasteiger partial charge in [-0.15, -0.1) is 0 Å². The fraction of sp³-hybridized carbons (Fsp3) is 0.909. The van der Waals surface area contributed by atoms with Crippen molar-refractivity contribution in [1.29, 1.82) is 0 Å². The van der Waals surface area contributed by atoms with Gasteiger partial charge in [-0.1, -0.05) is 6.42 Å². The van der Waals surface area contributed by atoms with E-state index in [1.807, 2.05) is 0 Å². The van der Waals surface area contributed by atoms with Crippen molar-refractivity contribution in [3.63, 3.8) is 0 Å². The minimum Gasteiger partial charge on any atom is -0.480 e. The van der Waals surface area contributed by atoms with Crippen LogP contribution in [0.4, 0.5) is 0 Å². The summed E-state index contributed by atoms with van der Waals surface area (Å²) in [5.74, 6) is 0.350. The fourth-order valence-corrected chi connectivity index (χ4v) is 3.17. The Kier molecular flexibility index (Phi) is 3.26. The SMILES string of the molecule is COCCN1CC2CCCC2C1C(=O)O. The van der Waals surface area contributed by atoms with E-state index in [0.717, 1.165) is 19.5 Å². The molecule has 15 heavy (non-hydrogen) atoms. The van der Waals surface area contributed by atoms with E-state index in [4.69, 9.17) is 4.74 Å². The number of carboxylic acid groups (broad SMARTS) is 1. The molecule has 0 bridgehead atoms. The molecule has 3 unspecified atom stereocenters. The van der Waals surface area contributed by atoms with E-state index in [1.54, 1.807) is 7.11 Å². The number of aliphatic carboxylic acids is 1. The molecule has 0 aromatic carbocycles. The van der Waals surface area contributed by atoms with Crippen LogP contribution >= 0.6 is 0 Å². The second kappa shape index (κ2) is 4.49. The Morgan fingerprint density at radius 1 is 1.53 bits per heavy atom. The first-order valence-corrected chi connectivity index (χ1v) is 5.70. The lowest BCUT2D eigenvalue weighted by atomic mass is 9.94. The number of methoxy groups -OCH3 is 1. The Labute approximate surface area is 90.2 Å². The van der Waals surface area contributed by atoms with E-state index in [2.05, 4.69) is 4.90 Å². The number of carbonyl (C=O) groups is 1.